The summed E-state index contributed by atoms with van der Waals surface area (Å²) in [6, 6.07) is 5.44. The fourth-order valence-electron chi connectivity index (χ4n) is 3.30. The van der Waals surface area contributed by atoms with Crippen molar-refractivity contribution in [2.75, 3.05) is 11.4 Å². The largest absolute Gasteiger partial charge is 0.273 e. The highest BCUT2D eigenvalue weighted by Crippen LogP contribution is 2.65. The molecule has 0 amide bonds. The lowest BCUT2D eigenvalue weighted by atomic mass is 10.1. The molecule has 0 radical (unpaired) electrons. The number of fused-ring (bicyclic) bond motifs is 1. The van der Waals surface area contributed by atoms with E-state index < -0.39 is 33.0 Å². The summed E-state index contributed by atoms with van der Waals surface area (Å²) >= 11 is 0. The molecule has 21 heavy (non-hydrogen) atoms. The molecular weight excluding hydrogens is 296 g/mol. The van der Waals surface area contributed by atoms with Crippen LogP contribution in [0.5, 0.6) is 0 Å². The summed E-state index contributed by atoms with van der Waals surface area (Å²) in [7, 11) is -2.07. The summed E-state index contributed by atoms with van der Waals surface area (Å²) in [5, 5.41) is -0.682. The Kier molecular flexibility index (Phi) is 3.10. The third-order valence-electron chi connectivity index (χ3n) is 5.06. The maximum atomic E-state index is 13.2. The van der Waals surface area contributed by atoms with E-state index in [0.29, 0.717) is 5.69 Å². The standard InChI is InChI=1S/C15H19F2NO2S/c1-9-4-5-11(6-10(9)2)18(3)21(19,20)12-7-13-14(8-12)15(13,16)17/h4-6,12-14H,7-8H2,1-3H3. The van der Waals surface area contributed by atoms with E-state index in [9.17, 15) is 17.2 Å². The third-order valence-corrected chi connectivity index (χ3v) is 7.26. The maximum Gasteiger partial charge on any atom is 0.254 e. The number of rotatable bonds is 3. The van der Waals surface area contributed by atoms with E-state index in [-0.39, 0.29) is 12.8 Å². The molecule has 0 saturated heterocycles. The van der Waals surface area contributed by atoms with Crippen LogP contribution >= 0.6 is 0 Å². The van der Waals surface area contributed by atoms with Crippen molar-refractivity contribution in [3.8, 4) is 0 Å². The second-order valence-electron chi connectivity index (χ2n) is 6.26. The Bertz CT molecular complexity index is 673. The van der Waals surface area contributed by atoms with Crippen molar-refractivity contribution in [2.45, 2.75) is 37.9 Å². The van der Waals surface area contributed by atoms with E-state index in [4.69, 9.17) is 0 Å². The highest BCUT2D eigenvalue weighted by atomic mass is 32.2. The number of benzene rings is 1. The van der Waals surface area contributed by atoms with Crippen LogP contribution in [0.1, 0.15) is 24.0 Å². The molecular formula is C15H19F2NO2S. The molecule has 2 fully saturated rings. The second-order valence-corrected chi connectivity index (χ2v) is 8.51. The molecule has 2 atom stereocenters. The first-order valence-corrected chi connectivity index (χ1v) is 8.59. The van der Waals surface area contributed by atoms with Crippen molar-refractivity contribution >= 4 is 15.7 Å². The van der Waals surface area contributed by atoms with Crippen molar-refractivity contribution in [1.82, 2.24) is 0 Å². The molecule has 0 aliphatic heterocycles. The average molecular weight is 315 g/mol. The zero-order chi connectivity index (χ0) is 15.6. The monoisotopic (exact) mass is 315 g/mol. The molecule has 3 rings (SSSR count). The number of aryl methyl sites for hydroxylation is 2. The van der Waals surface area contributed by atoms with Gasteiger partial charge in [-0.05, 0) is 49.9 Å². The van der Waals surface area contributed by atoms with Crippen LogP contribution in [0.2, 0.25) is 0 Å². The molecule has 2 aliphatic carbocycles. The predicted octanol–water partition coefficient (Wildman–Crippen LogP) is 3.11. The molecule has 0 bridgehead atoms. The minimum absolute atomic E-state index is 0.0786. The smallest absolute Gasteiger partial charge is 0.254 e. The zero-order valence-corrected chi connectivity index (χ0v) is 13.1. The quantitative estimate of drug-likeness (QED) is 0.859. The number of anilines is 1. The van der Waals surface area contributed by atoms with Crippen LogP contribution in [0, 0.1) is 25.7 Å². The molecule has 1 aromatic rings. The highest BCUT2D eigenvalue weighted by molar-refractivity contribution is 7.93. The Morgan fingerprint density at radius 3 is 2.24 bits per heavy atom. The van der Waals surface area contributed by atoms with Gasteiger partial charge in [0.2, 0.25) is 10.0 Å². The van der Waals surface area contributed by atoms with Gasteiger partial charge in [-0.2, -0.15) is 0 Å². The van der Waals surface area contributed by atoms with E-state index in [0.717, 1.165) is 11.1 Å². The molecule has 2 unspecified atom stereocenters. The first-order chi connectivity index (χ1) is 9.65. The van der Waals surface area contributed by atoms with Crippen molar-refractivity contribution in [3.05, 3.63) is 29.3 Å². The topological polar surface area (TPSA) is 37.4 Å². The summed E-state index contributed by atoms with van der Waals surface area (Å²) in [5.41, 5.74) is 2.69. The van der Waals surface area contributed by atoms with Crippen LogP contribution in [-0.4, -0.2) is 26.6 Å². The summed E-state index contributed by atoms with van der Waals surface area (Å²) in [6.45, 7) is 3.88. The highest BCUT2D eigenvalue weighted by Gasteiger charge is 2.73. The molecule has 0 heterocycles. The van der Waals surface area contributed by atoms with Crippen molar-refractivity contribution < 1.29 is 17.2 Å². The predicted molar refractivity (Wildman–Crippen MR) is 78.2 cm³/mol. The van der Waals surface area contributed by atoms with Gasteiger partial charge in [0.15, 0.2) is 0 Å². The molecule has 0 spiro atoms. The van der Waals surface area contributed by atoms with Gasteiger partial charge in [-0.25, -0.2) is 17.2 Å². The molecule has 116 valence electrons. The van der Waals surface area contributed by atoms with Crippen molar-refractivity contribution in [3.63, 3.8) is 0 Å². The van der Waals surface area contributed by atoms with E-state index in [1.165, 1.54) is 11.4 Å². The van der Waals surface area contributed by atoms with Crippen LogP contribution in [0.15, 0.2) is 18.2 Å². The summed E-state index contributed by atoms with van der Waals surface area (Å²) in [6.07, 6.45) is 0.157. The van der Waals surface area contributed by atoms with Crippen molar-refractivity contribution in [2.24, 2.45) is 11.8 Å². The number of sulfonamides is 1. The van der Waals surface area contributed by atoms with Crippen LogP contribution in [0.4, 0.5) is 14.5 Å². The number of halogens is 2. The molecule has 6 heteroatoms. The molecule has 2 saturated carbocycles. The summed E-state index contributed by atoms with van der Waals surface area (Å²) in [5.74, 6) is -4.10. The second kappa shape index (κ2) is 4.41. The summed E-state index contributed by atoms with van der Waals surface area (Å²) in [4.78, 5) is 0. The lowest BCUT2D eigenvalue weighted by molar-refractivity contribution is 0.0733. The lowest BCUT2D eigenvalue weighted by Crippen LogP contribution is -2.36. The number of hydrogen-bond donors (Lipinski definition) is 0. The number of nitrogens with zero attached hydrogens (tertiary/aromatic N) is 1. The van der Waals surface area contributed by atoms with Crippen molar-refractivity contribution in [1.29, 1.82) is 0 Å². The van der Waals surface area contributed by atoms with Gasteiger partial charge in [0.05, 0.1) is 10.9 Å². The SMILES string of the molecule is Cc1ccc(N(C)S(=O)(=O)C2CC3C(C2)C3(F)F)cc1C. The summed E-state index contributed by atoms with van der Waals surface area (Å²) < 4.78 is 52.9. The zero-order valence-electron chi connectivity index (χ0n) is 12.3. The molecule has 2 aliphatic rings. The van der Waals surface area contributed by atoms with Crippen LogP contribution in [0.3, 0.4) is 0 Å². The van der Waals surface area contributed by atoms with Gasteiger partial charge in [-0.3, -0.25) is 4.31 Å². The third kappa shape index (κ3) is 2.15. The molecule has 1 aromatic carbocycles. The van der Waals surface area contributed by atoms with Gasteiger partial charge >= 0.3 is 0 Å². The van der Waals surface area contributed by atoms with E-state index in [1.807, 2.05) is 26.0 Å². The Labute approximate surface area is 124 Å². The fraction of sp³-hybridized carbons (Fsp3) is 0.600. The molecule has 3 nitrogen and oxygen atoms in total. The first kappa shape index (κ1) is 14.8. The lowest BCUT2D eigenvalue weighted by Gasteiger charge is -2.25. The Balaban J connectivity index is 1.81. The maximum absolute atomic E-state index is 13.2. The normalized spacial score (nSPS) is 30.0. The van der Waals surface area contributed by atoms with E-state index in [2.05, 4.69) is 0 Å². The molecule has 0 aromatic heterocycles. The van der Waals surface area contributed by atoms with E-state index in [1.54, 1.807) is 6.07 Å². The number of hydrogen-bond acceptors (Lipinski definition) is 2. The minimum atomic E-state index is -3.57. The van der Waals surface area contributed by atoms with Gasteiger partial charge in [-0.15, -0.1) is 0 Å². The first-order valence-electron chi connectivity index (χ1n) is 7.08. The van der Waals surface area contributed by atoms with E-state index >= 15 is 0 Å². The Hall–Kier alpha value is -1.17. The fourth-order valence-corrected chi connectivity index (χ4v) is 5.06. The van der Waals surface area contributed by atoms with Gasteiger partial charge < -0.3 is 0 Å². The van der Waals surface area contributed by atoms with Gasteiger partial charge in [0, 0.05) is 18.9 Å². The van der Waals surface area contributed by atoms with Gasteiger partial charge in [0.1, 0.15) is 0 Å². The van der Waals surface area contributed by atoms with Gasteiger partial charge in [0.25, 0.3) is 5.92 Å². The minimum Gasteiger partial charge on any atom is -0.273 e. The van der Waals surface area contributed by atoms with Gasteiger partial charge in [-0.1, -0.05) is 6.07 Å². The van der Waals surface area contributed by atoms with Crippen LogP contribution in [0.25, 0.3) is 0 Å². The Morgan fingerprint density at radius 2 is 1.71 bits per heavy atom. The average Bonchev–Trinajstić information content (AvgIpc) is 2.82. The van der Waals surface area contributed by atoms with Crippen LogP contribution < -0.4 is 4.31 Å². The Morgan fingerprint density at radius 1 is 1.14 bits per heavy atom. The van der Waals surface area contributed by atoms with Crippen LogP contribution in [-0.2, 0) is 10.0 Å². The number of alkyl halides is 2. The molecule has 0 N–H and O–H groups in total.